The molecule has 0 bridgehead atoms. The van der Waals surface area contributed by atoms with Crippen molar-refractivity contribution in [3.8, 4) is 0 Å². The van der Waals surface area contributed by atoms with Crippen LogP contribution in [0.15, 0.2) is 30.0 Å². The van der Waals surface area contributed by atoms with Gasteiger partial charge in [-0.1, -0.05) is 38.7 Å². The summed E-state index contributed by atoms with van der Waals surface area (Å²) in [4.78, 5) is 3.96. The Kier molecular flexibility index (Phi) is 9.45. The van der Waals surface area contributed by atoms with E-state index in [2.05, 4.69) is 34.2 Å². The minimum absolute atomic E-state index is 0.518. The second-order valence-electron chi connectivity index (χ2n) is 8.47. The van der Waals surface area contributed by atoms with Gasteiger partial charge in [-0.05, 0) is 50.7 Å². The zero-order chi connectivity index (χ0) is 21.2. The zero-order valence-corrected chi connectivity index (χ0v) is 18.7. The fourth-order valence-electron chi connectivity index (χ4n) is 3.90. The lowest BCUT2D eigenvalue weighted by atomic mass is 9.94. The molecule has 0 aliphatic heterocycles. The van der Waals surface area contributed by atoms with E-state index in [4.69, 9.17) is 5.73 Å². The van der Waals surface area contributed by atoms with E-state index >= 15 is 0 Å². The van der Waals surface area contributed by atoms with E-state index in [9.17, 15) is 0 Å². The number of aliphatic imine (C=N–C) groups is 1. The fourth-order valence-corrected chi connectivity index (χ4v) is 3.90. The molecule has 0 amide bonds. The van der Waals surface area contributed by atoms with E-state index in [0.717, 1.165) is 35.0 Å². The number of amidine groups is 1. The van der Waals surface area contributed by atoms with Crippen LogP contribution in [0, 0.1) is 5.92 Å². The molecule has 1 heterocycles. The lowest BCUT2D eigenvalue weighted by Crippen LogP contribution is -2.37. The van der Waals surface area contributed by atoms with Gasteiger partial charge in [-0.2, -0.15) is 5.10 Å². The van der Waals surface area contributed by atoms with Gasteiger partial charge >= 0.3 is 0 Å². The number of anilines is 1. The number of nitrogens with two attached hydrogens (primary N) is 1. The smallest absolute Gasteiger partial charge is 0.131 e. The third kappa shape index (κ3) is 8.44. The summed E-state index contributed by atoms with van der Waals surface area (Å²) in [5.74, 6) is 2.51. The highest BCUT2D eigenvalue weighted by molar-refractivity contribution is 5.80. The van der Waals surface area contributed by atoms with E-state index in [1.54, 1.807) is 30.1 Å². The summed E-state index contributed by atoms with van der Waals surface area (Å²) >= 11 is 0. The van der Waals surface area contributed by atoms with Crippen molar-refractivity contribution in [3.63, 3.8) is 0 Å². The predicted molar refractivity (Wildman–Crippen MR) is 125 cm³/mol. The monoisotopic (exact) mass is 400 g/mol. The van der Waals surface area contributed by atoms with Gasteiger partial charge in [0.25, 0.3) is 0 Å². The molecule has 0 saturated heterocycles. The van der Waals surface area contributed by atoms with Gasteiger partial charge in [0.15, 0.2) is 0 Å². The van der Waals surface area contributed by atoms with Crippen molar-refractivity contribution in [1.29, 1.82) is 0 Å². The van der Waals surface area contributed by atoms with Gasteiger partial charge in [0.1, 0.15) is 5.82 Å². The summed E-state index contributed by atoms with van der Waals surface area (Å²) in [5.41, 5.74) is 7.20. The topological polar surface area (TPSA) is 80.3 Å². The predicted octanol–water partition coefficient (Wildman–Crippen LogP) is 4.46. The van der Waals surface area contributed by atoms with E-state index in [-0.39, 0.29) is 0 Å². The second kappa shape index (κ2) is 11.8. The van der Waals surface area contributed by atoms with Crippen LogP contribution in [-0.4, -0.2) is 34.7 Å². The van der Waals surface area contributed by atoms with Crippen molar-refractivity contribution in [1.82, 2.24) is 15.1 Å². The minimum Gasteiger partial charge on any atom is -0.387 e. The van der Waals surface area contributed by atoms with Crippen LogP contribution in [0.5, 0.6) is 0 Å². The molecule has 0 aromatic carbocycles. The number of hydrogen-bond acceptors (Lipinski definition) is 4. The molecule has 1 aromatic rings. The molecule has 0 radical (unpaired) electrons. The number of nitrogens with one attached hydrogen (secondary N) is 2. The van der Waals surface area contributed by atoms with Crippen LogP contribution in [0.4, 0.5) is 5.82 Å². The lowest BCUT2D eigenvalue weighted by molar-refractivity contribution is 0.331. The van der Waals surface area contributed by atoms with Crippen molar-refractivity contribution in [2.45, 2.75) is 77.3 Å². The van der Waals surface area contributed by atoms with Crippen LogP contribution in [-0.2, 0) is 7.05 Å². The highest BCUT2D eigenvalue weighted by Crippen LogP contribution is 2.33. The molecule has 1 unspecified atom stereocenters. The van der Waals surface area contributed by atoms with Crippen LogP contribution in [0.2, 0.25) is 0 Å². The Bertz CT molecular complexity index is 688. The molecule has 29 heavy (non-hydrogen) atoms. The van der Waals surface area contributed by atoms with Crippen molar-refractivity contribution in [3.05, 3.63) is 30.6 Å². The third-order valence-corrected chi connectivity index (χ3v) is 5.58. The molecule has 2 aliphatic carbocycles. The first-order valence-corrected chi connectivity index (χ1v) is 11.0. The number of aryl methyl sites for hydroxylation is 1. The SMILES string of the molecule is C=C(/C=C\N=C(C)N)c1cnn(C)c1NC.CC(CC1CC1)NC1CCCCC1. The Labute approximate surface area is 176 Å². The van der Waals surface area contributed by atoms with Crippen LogP contribution in [0.25, 0.3) is 5.57 Å². The zero-order valence-electron chi connectivity index (χ0n) is 18.7. The van der Waals surface area contributed by atoms with Crippen LogP contribution < -0.4 is 16.4 Å². The number of allylic oxidation sites excluding steroid dienone is 2. The lowest BCUT2D eigenvalue weighted by Gasteiger charge is -2.26. The molecule has 3 rings (SSSR count). The standard InChI is InChI=1S/C12H23N.C11H17N5/c1-10(9-11-7-8-11)13-12-5-3-2-4-6-12;1-8(5-6-14-9(2)12)10-7-15-16(4)11(10)13-3/h10-13H,2-9H2,1H3;5-7,13H,1H2,2-4H3,(H2,12,14)/b;6-5-. The maximum Gasteiger partial charge on any atom is 0.131 e. The van der Waals surface area contributed by atoms with Gasteiger partial charge in [-0.15, -0.1) is 0 Å². The molecular weight excluding hydrogens is 360 g/mol. The molecule has 0 spiro atoms. The summed E-state index contributed by atoms with van der Waals surface area (Å²) in [6.07, 6.45) is 16.8. The molecule has 2 saturated carbocycles. The summed E-state index contributed by atoms with van der Waals surface area (Å²) < 4.78 is 1.76. The quantitative estimate of drug-likeness (QED) is 0.342. The Morgan fingerprint density at radius 1 is 1.34 bits per heavy atom. The number of rotatable bonds is 8. The molecule has 1 atom stereocenters. The van der Waals surface area contributed by atoms with Gasteiger partial charge < -0.3 is 16.4 Å². The number of hydrogen-bond donors (Lipinski definition) is 3. The normalized spacial score (nSPS) is 19.0. The van der Waals surface area contributed by atoms with Crippen LogP contribution in [0.1, 0.15) is 70.8 Å². The molecule has 162 valence electrons. The Balaban J connectivity index is 0.000000211. The third-order valence-electron chi connectivity index (χ3n) is 5.58. The van der Waals surface area contributed by atoms with Gasteiger partial charge in [-0.3, -0.25) is 4.68 Å². The van der Waals surface area contributed by atoms with E-state index in [0.29, 0.717) is 5.84 Å². The molecular formula is C23H40N6. The van der Waals surface area contributed by atoms with Gasteiger partial charge in [0.05, 0.1) is 12.0 Å². The van der Waals surface area contributed by atoms with Gasteiger partial charge in [0, 0.05) is 37.9 Å². The average Bonchev–Trinajstić information content (AvgIpc) is 3.41. The first-order chi connectivity index (χ1) is 13.9. The highest BCUT2D eigenvalue weighted by Gasteiger charge is 2.24. The average molecular weight is 401 g/mol. The maximum atomic E-state index is 5.42. The maximum absolute atomic E-state index is 5.42. The largest absolute Gasteiger partial charge is 0.387 e. The van der Waals surface area contributed by atoms with Gasteiger partial charge in [-0.25, -0.2) is 4.99 Å². The first-order valence-electron chi connectivity index (χ1n) is 11.0. The van der Waals surface area contributed by atoms with Crippen molar-refractivity contribution < 1.29 is 0 Å². The van der Waals surface area contributed by atoms with Crippen LogP contribution >= 0.6 is 0 Å². The molecule has 2 fully saturated rings. The van der Waals surface area contributed by atoms with Crippen molar-refractivity contribution in [2.75, 3.05) is 12.4 Å². The van der Waals surface area contributed by atoms with Crippen LogP contribution in [0.3, 0.4) is 0 Å². The Morgan fingerprint density at radius 2 is 2.03 bits per heavy atom. The minimum atomic E-state index is 0.518. The van der Waals surface area contributed by atoms with Crippen molar-refractivity contribution in [2.24, 2.45) is 23.7 Å². The Morgan fingerprint density at radius 3 is 2.62 bits per heavy atom. The van der Waals surface area contributed by atoms with E-state index in [1.807, 2.05) is 14.1 Å². The summed E-state index contributed by atoms with van der Waals surface area (Å²) in [6, 6.07) is 1.62. The number of aromatic nitrogens is 2. The Hall–Kier alpha value is -2.08. The molecule has 4 N–H and O–H groups in total. The van der Waals surface area contributed by atoms with E-state index in [1.165, 1.54) is 51.4 Å². The molecule has 6 nitrogen and oxygen atoms in total. The summed E-state index contributed by atoms with van der Waals surface area (Å²) in [5, 5.41) is 11.0. The first kappa shape index (κ1) is 23.2. The molecule has 1 aromatic heterocycles. The molecule has 2 aliphatic rings. The van der Waals surface area contributed by atoms with Gasteiger partial charge in [0.2, 0.25) is 0 Å². The highest BCUT2D eigenvalue weighted by atomic mass is 15.3. The summed E-state index contributed by atoms with van der Waals surface area (Å²) in [7, 11) is 3.72. The number of nitrogens with zero attached hydrogens (tertiary/aromatic N) is 3. The molecule has 6 heteroatoms. The van der Waals surface area contributed by atoms with E-state index < -0.39 is 0 Å². The van der Waals surface area contributed by atoms with Crippen molar-refractivity contribution >= 4 is 17.2 Å². The second-order valence-corrected chi connectivity index (χ2v) is 8.47. The fraction of sp³-hybridized carbons (Fsp3) is 0.652. The summed E-state index contributed by atoms with van der Waals surface area (Å²) in [6.45, 7) is 8.05.